The minimum Gasteiger partial charge on any atom is -0.351 e. The molecule has 5 nitrogen and oxygen atoms in total. The highest BCUT2D eigenvalue weighted by molar-refractivity contribution is 5.87. The van der Waals surface area contributed by atoms with Gasteiger partial charge >= 0.3 is 0 Å². The molecule has 0 aromatic carbocycles. The number of fused-ring (bicyclic) bond motifs is 1. The summed E-state index contributed by atoms with van der Waals surface area (Å²) in [5.74, 6) is 0. The molecule has 0 aliphatic carbocycles. The first-order chi connectivity index (χ1) is 8.28. The molecular weight excluding hydrogens is 214 g/mol. The van der Waals surface area contributed by atoms with Crippen LogP contribution in [0.5, 0.6) is 0 Å². The van der Waals surface area contributed by atoms with E-state index in [1.807, 2.05) is 25.5 Å². The highest BCUT2D eigenvalue weighted by Crippen LogP contribution is 2.23. The topological polar surface area (TPSA) is 59.4 Å². The third-order valence-corrected chi connectivity index (χ3v) is 2.66. The lowest BCUT2D eigenvalue weighted by molar-refractivity contribution is 0.768. The summed E-state index contributed by atoms with van der Waals surface area (Å²) in [6.07, 6.45) is 7.02. The summed E-state index contributed by atoms with van der Waals surface area (Å²) in [6.45, 7) is 3.74. The van der Waals surface area contributed by atoms with Gasteiger partial charge in [0.2, 0.25) is 0 Å². The predicted molar refractivity (Wildman–Crippen MR) is 66.2 cm³/mol. The van der Waals surface area contributed by atoms with Crippen molar-refractivity contribution in [1.29, 1.82) is 0 Å². The van der Waals surface area contributed by atoms with Gasteiger partial charge in [-0.2, -0.15) is 5.10 Å². The average molecular weight is 225 g/mol. The van der Waals surface area contributed by atoms with E-state index in [4.69, 9.17) is 0 Å². The zero-order valence-corrected chi connectivity index (χ0v) is 9.38. The minimum atomic E-state index is 0.810. The Morgan fingerprint density at radius 2 is 2.29 bits per heavy atom. The van der Waals surface area contributed by atoms with E-state index in [-0.39, 0.29) is 0 Å². The van der Waals surface area contributed by atoms with E-state index >= 15 is 0 Å². The number of hydrogen-bond donors (Lipinski definition) is 1. The predicted octanol–water partition coefficient (Wildman–Crippen LogP) is 2.00. The summed E-state index contributed by atoms with van der Waals surface area (Å²) in [7, 11) is 1.89. The second kappa shape index (κ2) is 3.55. The minimum absolute atomic E-state index is 0.810. The molecule has 3 heterocycles. The van der Waals surface area contributed by atoms with Crippen molar-refractivity contribution in [3.63, 3.8) is 0 Å². The van der Waals surface area contributed by atoms with Gasteiger partial charge in [0, 0.05) is 18.8 Å². The van der Waals surface area contributed by atoms with Gasteiger partial charge in [0.1, 0.15) is 6.33 Å². The van der Waals surface area contributed by atoms with Gasteiger partial charge in [-0.15, -0.1) is 0 Å². The Morgan fingerprint density at radius 1 is 1.41 bits per heavy atom. The van der Waals surface area contributed by atoms with Gasteiger partial charge in [0.05, 0.1) is 28.6 Å². The number of nitrogens with zero attached hydrogens (tertiary/aromatic N) is 4. The van der Waals surface area contributed by atoms with E-state index in [1.165, 1.54) is 0 Å². The number of H-pyrrole nitrogens is 1. The van der Waals surface area contributed by atoms with Gasteiger partial charge in [-0.3, -0.25) is 4.68 Å². The standard InChI is InChI=1S/C12H11N5/c1-3-9-12-11(14-7-13-9)4-10(16-12)8-5-15-17(2)6-8/h3-7,16H,1H2,2H3. The fourth-order valence-electron chi connectivity index (χ4n) is 1.83. The van der Waals surface area contributed by atoms with Crippen LogP contribution in [0.15, 0.2) is 31.4 Å². The lowest BCUT2D eigenvalue weighted by atomic mass is 10.2. The van der Waals surface area contributed by atoms with Crippen LogP contribution >= 0.6 is 0 Å². The van der Waals surface area contributed by atoms with Crippen molar-refractivity contribution in [3.8, 4) is 11.3 Å². The van der Waals surface area contributed by atoms with Crippen LogP contribution in [-0.4, -0.2) is 24.7 Å². The molecule has 3 aromatic heterocycles. The van der Waals surface area contributed by atoms with Crippen molar-refractivity contribution in [1.82, 2.24) is 24.7 Å². The average Bonchev–Trinajstić information content (AvgIpc) is 2.93. The lowest BCUT2D eigenvalue weighted by Gasteiger charge is -1.93. The summed E-state index contributed by atoms with van der Waals surface area (Å²) in [6, 6.07) is 1.99. The summed E-state index contributed by atoms with van der Waals surface area (Å²) in [4.78, 5) is 11.7. The van der Waals surface area contributed by atoms with Crippen molar-refractivity contribution in [2.24, 2.45) is 7.05 Å². The molecule has 0 fully saturated rings. The summed E-state index contributed by atoms with van der Waals surface area (Å²) in [5, 5.41) is 4.15. The number of aromatic amines is 1. The second-order valence-corrected chi connectivity index (χ2v) is 3.81. The number of rotatable bonds is 2. The molecule has 0 bridgehead atoms. The number of hydrogen-bond acceptors (Lipinski definition) is 3. The molecule has 0 atom stereocenters. The van der Waals surface area contributed by atoms with Gasteiger partial charge in [-0.25, -0.2) is 9.97 Å². The molecule has 0 unspecified atom stereocenters. The monoisotopic (exact) mass is 225 g/mol. The quantitative estimate of drug-likeness (QED) is 0.725. The van der Waals surface area contributed by atoms with Crippen molar-refractivity contribution >= 4 is 17.1 Å². The zero-order valence-electron chi connectivity index (χ0n) is 9.38. The van der Waals surface area contributed by atoms with Crippen LogP contribution in [0.1, 0.15) is 5.69 Å². The molecule has 84 valence electrons. The van der Waals surface area contributed by atoms with Gasteiger partial charge in [-0.1, -0.05) is 6.58 Å². The van der Waals surface area contributed by atoms with Crippen molar-refractivity contribution in [2.75, 3.05) is 0 Å². The summed E-state index contributed by atoms with van der Waals surface area (Å²) in [5.41, 5.74) is 4.61. The molecule has 0 radical (unpaired) electrons. The maximum Gasteiger partial charge on any atom is 0.116 e. The Balaban J connectivity index is 2.23. The Labute approximate surface area is 97.8 Å². The molecule has 0 aliphatic heterocycles. The molecule has 0 saturated heterocycles. The van der Waals surface area contributed by atoms with Gasteiger partial charge in [0.15, 0.2) is 0 Å². The Kier molecular flexibility index (Phi) is 2.04. The first kappa shape index (κ1) is 9.77. The largest absolute Gasteiger partial charge is 0.351 e. The normalized spacial score (nSPS) is 10.9. The number of aromatic nitrogens is 5. The molecule has 0 aliphatic rings. The first-order valence-electron chi connectivity index (χ1n) is 5.23. The molecule has 0 spiro atoms. The van der Waals surface area contributed by atoms with Gasteiger partial charge in [0.25, 0.3) is 0 Å². The second-order valence-electron chi connectivity index (χ2n) is 3.81. The molecule has 0 saturated carbocycles. The first-order valence-corrected chi connectivity index (χ1v) is 5.23. The zero-order chi connectivity index (χ0) is 11.8. The number of aryl methyl sites for hydroxylation is 1. The Hall–Kier alpha value is -2.43. The fourth-order valence-corrected chi connectivity index (χ4v) is 1.83. The van der Waals surface area contributed by atoms with Crippen LogP contribution in [0.25, 0.3) is 28.4 Å². The van der Waals surface area contributed by atoms with E-state index in [2.05, 4.69) is 26.6 Å². The van der Waals surface area contributed by atoms with Crippen LogP contribution in [0.3, 0.4) is 0 Å². The SMILES string of the molecule is C=Cc1ncnc2cc(-c3cnn(C)c3)[nH]c12. The highest BCUT2D eigenvalue weighted by atomic mass is 15.2. The van der Waals surface area contributed by atoms with E-state index in [0.29, 0.717) is 0 Å². The Bertz CT molecular complexity index is 692. The number of nitrogens with one attached hydrogen (secondary N) is 1. The molecule has 1 N–H and O–H groups in total. The smallest absolute Gasteiger partial charge is 0.116 e. The van der Waals surface area contributed by atoms with Crippen molar-refractivity contribution < 1.29 is 0 Å². The van der Waals surface area contributed by atoms with Crippen LogP contribution in [0.2, 0.25) is 0 Å². The molecule has 3 rings (SSSR count). The molecule has 0 amide bonds. The summed E-state index contributed by atoms with van der Waals surface area (Å²) >= 11 is 0. The van der Waals surface area contributed by atoms with Crippen LogP contribution in [0.4, 0.5) is 0 Å². The van der Waals surface area contributed by atoms with E-state index in [1.54, 1.807) is 17.1 Å². The third-order valence-electron chi connectivity index (χ3n) is 2.66. The van der Waals surface area contributed by atoms with E-state index in [0.717, 1.165) is 28.0 Å². The lowest BCUT2D eigenvalue weighted by Crippen LogP contribution is -1.84. The highest BCUT2D eigenvalue weighted by Gasteiger charge is 2.08. The van der Waals surface area contributed by atoms with Crippen LogP contribution < -0.4 is 0 Å². The Morgan fingerprint density at radius 3 is 3.00 bits per heavy atom. The maximum absolute atomic E-state index is 4.23. The van der Waals surface area contributed by atoms with Crippen LogP contribution in [0, 0.1) is 0 Å². The van der Waals surface area contributed by atoms with E-state index in [9.17, 15) is 0 Å². The van der Waals surface area contributed by atoms with Gasteiger partial charge in [-0.05, 0) is 12.1 Å². The molecular formula is C12H11N5. The van der Waals surface area contributed by atoms with Gasteiger partial charge < -0.3 is 4.98 Å². The molecule has 3 aromatic rings. The van der Waals surface area contributed by atoms with Crippen molar-refractivity contribution in [2.45, 2.75) is 0 Å². The molecule has 5 heteroatoms. The third kappa shape index (κ3) is 1.52. The maximum atomic E-state index is 4.23. The fraction of sp³-hybridized carbons (Fsp3) is 0.0833. The van der Waals surface area contributed by atoms with E-state index < -0.39 is 0 Å². The molecule has 17 heavy (non-hydrogen) atoms. The summed E-state index contributed by atoms with van der Waals surface area (Å²) < 4.78 is 1.76. The van der Waals surface area contributed by atoms with Crippen LogP contribution in [-0.2, 0) is 7.05 Å². The van der Waals surface area contributed by atoms with Crippen molar-refractivity contribution in [3.05, 3.63) is 37.1 Å².